The second-order valence-corrected chi connectivity index (χ2v) is 10.6. The second kappa shape index (κ2) is 10.2. The Balaban J connectivity index is 1.20. The summed E-state index contributed by atoms with van der Waals surface area (Å²) in [5.41, 5.74) is 5.58. The number of pyridine rings is 3. The SMILES string of the molecule is COc1ccc(CN2C3CC2CN(c2ccc(-c4cc(N(C)CCP)cn5ncc(C#N)c45)cn2)C3)cn1. The lowest BCUT2D eigenvalue weighted by Gasteiger charge is -2.56. The third-order valence-corrected chi connectivity index (χ3v) is 7.98. The molecule has 9 nitrogen and oxygen atoms in total. The van der Waals surface area contributed by atoms with E-state index in [0.717, 1.165) is 60.5 Å². The van der Waals surface area contributed by atoms with E-state index in [2.05, 4.69) is 71.4 Å². The number of nitrogens with zero attached hydrogens (tertiary/aromatic N) is 8. The molecule has 0 aliphatic carbocycles. The summed E-state index contributed by atoms with van der Waals surface area (Å²) in [4.78, 5) is 16.4. The minimum Gasteiger partial charge on any atom is -0.481 e. The van der Waals surface area contributed by atoms with Gasteiger partial charge in [0.15, 0.2) is 0 Å². The molecule has 3 unspecified atom stereocenters. The normalized spacial score (nSPS) is 18.7. The fourth-order valence-corrected chi connectivity index (χ4v) is 6.03. The van der Waals surface area contributed by atoms with Crippen molar-refractivity contribution in [2.24, 2.45) is 0 Å². The van der Waals surface area contributed by atoms with Gasteiger partial charge in [0.1, 0.15) is 11.9 Å². The van der Waals surface area contributed by atoms with Crippen LogP contribution in [-0.2, 0) is 6.54 Å². The van der Waals surface area contributed by atoms with Crippen molar-refractivity contribution in [2.45, 2.75) is 25.0 Å². The summed E-state index contributed by atoms with van der Waals surface area (Å²) in [6, 6.07) is 13.7. The van der Waals surface area contributed by atoms with E-state index in [1.54, 1.807) is 13.3 Å². The Bertz CT molecular complexity index is 1470. The van der Waals surface area contributed by atoms with Crippen LogP contribution >= 0.6 is 9.24 Å². The van der Waals surface area contributed by atoms with Gasteiger partial charge in [-0.2, -0.15) is 10.4 Å². The molecule has 4 aromatic rings. The molecule has 7 rings (SSSR count). The maximum Gasteiger partial charge on any atom is 0.212 e. The molecule has 0 saturated carbocycles. The molecule has 3 atom stereocenters. The fourth-order valence-electron chi connectivity index (χ4n) is 5.64. The average molecular weight is 527 g/mol. The van der Waals surface area contributed by atoms with E-state index in [-0.39, 0.29) is 0 Å². The van der Waals surface area contributed by atoms with E-state index in [9.17, 15) is 5.26 Å². The summed E-state index contributed by atoms with van der Waals surface area (Å²) in [7, 11) is 6.48. The van der Waals surface area contributed by atoms with Gasteiger partial charge in [0.05, 0.1) is 36.3 Å². The lowest BCUT2D eigenvalue weighted by atomic mass is 9.87. The number of ether oxygens (including phenoxy) is 1. The molecule has 3 saturated heterocycles. The molecule has 0 amide bonds. The lowest BCUT2D eigenvalue weighted by molar-refractivity contribution is -0.00876. The maximum atomic E-state index is 9.69. The number of nitriles is 1. The molecule has 194 valence electrons. The highest BCUT2D eigenvalue weighted by Crippen LogP contribution is 2.36. The first-order chi connectivity index (χ1) is 18.6. The van der Waals surface area contributed by atoms with Crippen LogP contribution in [0.4, 0.5) is 11.5 Å². The van der Waals surface area contributed by atoms with E-state index < -0.39 is 0 Å². The predicted octanol–water partition coefficient (Wildman–Crippen LogP) is 3.45. The zero-order valence-electron chi connectivity index (χ0n) is 21.7. The number of rotatable bonds is 8. The highest BCUT2D eigenvalue weighted by Gasteiger charge is 2.44. The van der Waals surface area contributed by atoms with Gasteiger partial charge in [-0.1, -0.05) is 6.07 Å². The molecule has 3 fully saturated rings. The number of hydrogen-bond donors (Lipinski definition) is 0. The molecule has 2 bridgehead atoms. The summed E-state index contributed by atoms with van der Waals surface area (Å²) in [5.74, 6) is 1.64. The van der Waals surface area contributed by atoms with E-state index in [1.807, 2.05) is 29.2 Å². The van der Waals surface area contributed by atoms with Crippen molar-refractivity contribution in [2.75, 3.05) is 49.8 Å². The standard InChI is InChI=1S/C28H31N8OP/c1-33(7-8-38)22-10-25(28-21(11-29)14-32-36(28)18-22)20-4-5-26(30-13-20)34-16-23-9-24(17-34)35(23)15-19-3-6-27(37-2)31-12-19/h3-6,10,12-14,18,23-24H,7-9,15-17,38H2,1-2H3. The number of anilines is 2. The van der Waals surface area contributed by atoms with Crippen LogP contribution < -0.4 is 14.5 Å². The Hall–Kier alpha value is -3.73. The van der Waals surface area contributed by atoms with Gasteiger partial charge in [0, 0.05) is 74.9 Å². The first kappa shape index (κ1) is 24.6. The first-order valence-electron chi connectivity index (χ1n) is 12.9. The van der Waals surface area contributed by atoms with Gasteiger partial charge in [-0.3, -0.25) is 4.90 Å². The second-order valence-electron chi connectivity index (χ2n) is 10.0. The third kappa shape index (κ3) is 4.44. The highest BCUT2D eigenvalue weighted by molar-refractivity contribution is 7.16. The number of aromatic nitrogens is 4. The third-order valence-electron chi connectivity index (χ3n) is 7.72. The fraction of sp³-hybridized carbons (Fsp3) is 0.357. The number of piperidine rings is 1. The van der Waals surface area contributed by atoms with Crippen LogP contribution in [0.15, 0.2) is 55.1 Å². The molecule has 38 heavy (non-hydrogen) atoms. The Morgan fingerprint density at radius 1 is 1.13 bits per heavy atom. The Morgan fingerprint density at radius 3 is 2.63 bits per heavy atom. The minimum atomic E-state index is 0.519. The Kier molecular flexibility index (Phi) is 6.61. The van der Waals surface area contributed by atoms with Crippen LogP contribution in [-0.4, -0.2) is 76.5 Å². The van der Waals surface area contributed by atoms with Gasteiger partial charge in [-0.25, -0.2) is 14.5 Å². The van der Waals surface area contributed by atoms with Crippen LogP contribution in [0.5, 0.6) is 5.88 Å². The zero-order valence-corrected chi connectivity index (χ0v) is 22.8. The van der Waals surface area contributed by atoms with Gasteiger partial charge >= 0.3 is 0 Å². The van der Waals surface area contributed by atoms with Crippen molar-refractivity contribution >= 4 is 26.3 Å². The molecule has 10 heteroatoms. The van der Waals surface area contributed by atoms with Crippen LogP contribution in [0.25, 0.3) is 16.6 Å². The van der Waals surface area contributed by atoms with E-state index >= 15 is 0 Å². The molecule has 7 heterocycles. The number of hydrogen-bond acceptors (Lipinski definition) is 8. The van der Waals surface area contributed by atoms with Crippen LogP contribution in [0.2, 0.25) is 0 Å². The summed E-state index contributed by atoms with van der Waals surface area (Å²) in [6.07, 6.45) is 9.65. The van der Waals surface area contributed by atoms with Crippen molar-refractivity contribution in [3.63, 3.8) is 0 Å². The summed E-state index contributed by atoms with van der Waals surface area (Å²) in [6.45, 7) is 3.75. The first-order valence-corrected chi connectivity index (χ1v) is 13.7. The lowest BCUT2D eigenvalue weighted by Crippen LogP contribution is -2.68. The molecule has 0 N–H and O–H groups in total. The number of methoxy groups -OCH3 is 1. The molecular weight excluding hydrogens is 495 g/mol. The van der Waals surface area contributed by atoms with Gasteiger partial charge in [-0.15, -0.1) is 9.24 Å². The topological polar surface area (TPSA) is 85.8 Å². The summed E-state index contributed by atoms with van der Waals surface area (Å²) < 4.78 is 6.99. The van der Waals surface area contributed by atoms with E-state index in [0.29, 0.717) is 23.5 Å². The van der Waals surface area contributed by atoms with Crippen molar-refractivity contribution < 1.29 is 4.74 Å². The summed E-state index contributed by atoms with van der Waals surface area (Å²) >= 11 is 0. The van der Waals surface area contributed by atoms with Crippen molar-refractivity contribution in [1.29, 1.82) is 5.26 Å². The quantitative estimate of drug-likeness (QED) is 0.323. The number of fused-ring (bicyclic) bond motifs is 3. The number of piperazine rings is 1. The molecular formula is C28H31N8OP. The Labute approximate surface area is 224 Å². The summed E-state index contributed by atoms with van der Waals surface area (Å²) in [5, 5.41) is 14.1. The van der Waals surface area contributed by atoms with Crippen molar-refractivity contribution in [3.8, 4) is 23.1 Å². The maximum absolute atomic E-state index is 9.69. The molecule has 3 aliphatic heterocycles. The van der Waals surface area contributed by atoms with Crippen LogP contribution in [0, 0.1) is 11.3 Å². The monoisotopic (exact) mass is 526 g/mol. The molecule has 4 aromatic heterocycles. The molecule has 0 radical (unpaired) electrons. The smallest absolute Gasteiger partial charge is 0.212 e. The van der Waals surface area contributed by atoms with Crippen LogP contribution in [0.3, 0.4) is 0 Å². The van der Waals surface area contributed by atoms with Gasteiger partial charge in [0.2, 0.25) is 5.88 Å². The Morgan fingerprint density at radius 2 is 1.97 bits per heavy atom. The van der Waals surface area contributed by atoms with Crippen molar-refractivity contribution in [1.82, 2.24) is 24.5 Å². The molecule has 3 aliphatic rings. The van der Waals surface area contributed by atoms with Gasteiger partial charge < -0.3 is 14.5 Å². The minimum absolute atomic E-state index is 0.519. The zero-order chi connectivity index (χ0) is 26.2. The van der Waals surface area contributed by atoms with Gasteiger partial charge in [-0.05, 0) is 36.3 Å². The predicted molar refractivity (Wildman–Crippen MR) is 152 cm³/mol. The van der Waals surface area contributed by atoms with Gasteiger partial charge in [0.25, 0.3) is 0 Å². The van der Waals surface area contributed by atoms with E-state index in [1.165, 1.54) is 12.0 Å². The van der Waals surface area contributed by atoms with Crippen LogP contribution in [0.1, 0.15) is 17.5 Å². The van der Waals surface area contributed by atoms with E-state index in [4.69, 9.17) is 9.72 Å². The largest absolute Gasteiger partial charge is 0.481 e. The molecule has 0 aromatic carbocycles. The average Bonchev–Trinajstić information content (AvgIpc) is 3.39. The molecule has 0 spiro atoms. The van der Waals surface area contributed by atoms with Crippen molar-refractivity contribution in [3.05, 3.63) is 66.2 Å². The highest BCUT2D eigenvalue weighted by atomic mass is 31.0.